The van der Waals surface area contributed by atoms with E-state index >= 15 is 0 Å². The SMILES string of the molecule is Cc1cc(C(=O)Nc2cccnc2N2CCCCC2)c(C)n1C(C)C. The number of piperidine rings is 1. The summed E-state index contributed by atoms with van der Waals surface area (Å²) in [5.41, 5.74) is 3.65. The molecule has 25 heavy (non-hydrogen) atoms. The number of hydrogen-bond acceptors (Lipinski definition) is 3. The molecule has 1 fully saturated rings. The van der Waals surface area contributed by atoms with Crippen molar-refractivity contribution >= 4 is 17.4 Å². The summed E-state index contributed by atoms with van der Waals surface area (Å²) in [5.74, 6) is 0.819. The molecule has 0 spiro atoms. The van der Waals surface area contributed by atoms with Crippen LogP contribution in [0.2, 0.25) is 0 Å². The lowest BCUT2D eigenvalue weighted by molar-refractivity contribution is 0.102. The Morgan fingerprint density at radius 3 is 2.56 bits per heavy atom. The molecule has 1 amide bonds. The van der Waals surface area contributed by atoms with Crippen LogP contribution < -0.4 is 10.2 Å². The lowest BCUT2D eigenvalue weighted by Crippen LogP contribution is -2.31. The van der Waals surface area contributed by atoms with E-state index in [1.807, 2.05) is 32.0 Å². The first-order valence-corrected chi connectivity index (χ1v) is 9.18. The van der Waals surface area contributed by atoms with E-state index in [9.17, 15) is 4.79 Å². The topological polar surface area (TPSA) is 50.2 Å². The zero-order valence-electron chi connectivity index (χ0n) is 15.7. The predicted octanol–water partition coefficient (Wildman–Crippen LogP) is 4.32. The number of aromatic nitrogens is 2. The van der Waals surface area contributed by atoms with E-state index in [0.29, 0.717) is 6.04 Å². The molecule has 0 aliphatic carbocycles. The fourth-order valence-electron chi connectivity index (χ4n) is 3.84. The average molecular weight is 340 g/mol. The number of nitrogens with zero attached hydrogens (tertiary/aromatic N) is 3. The quantitative estimate of drug-likeness (QED) is 0.901. The van der Waals surface area contributed by atoms with Crippen LogP contribution in [0.25, 0.3) is 0 Å². The van der Waals surface area contributed by atoms with Gasteiger partial charge in [0.2, 0.25) is 0 Å². The maximum Gasteiger partial charge on any atom is 0.257 e. The molecule has 134 valence electrons. The standard InChI is InChI=1S/C20H28N4O/c1-14(2)24-15(3)13-17(16(24)4)20(25)22-18-9-8-10-21-19(18)23-11-6-5-7-12-23/h8-10,13-14H,5-7,11-12H2,1-4H3,(H,22,25). The van der Waals surface area contributed by atoms with Gasteiger partial charge in [0.15, 0.2) is 5.82 Å². The maximum atomic E-state index is 12.9. The van der Waals surface area contributed by atoms with E-state index in [1.165, 1.54) is 19.3 Å². The third-order valence-corrected chi connectivity index (χ3v) is 4.94. The van der Waals surface area contributed by atoms with E-state index < -0.39 is 0 Å². The molecule has 1 saturated heterocycles. The molecular formula is C20H28N4O. The minimum atomic E-state index is -0.0636. The molecule has 0 atom stereocenters. The molecular weight excluding hydrogens is 312 g/mol. The summed E-state index contributed by atoms with van der Waals surface area (Å²) in [7, 11) is 0. The van der Waals surface area contributed by atoms with Gasteiger partial charge in [0.05, 0.1) is 11.3 Å². The molecule has 1 N–H and O–H groups in total. The van der Waals surface area contributed by atoms with Crippen molar-refractivity contribution in [1.82, 2.24) is 9.55 Å². The summed E-state index contributed by atoms with van der Waals surface area (Å²) in [5, 5.41) is 3.09. The van der Waals surface area contributed by atoms with Gasteiger partial charge < -0.3 is 14.8 Å². The van der Waals surface area contributed by atoms with Crippen molar-refractivity contribution in [1.29, 1.82) is 0 Å². The zero-order valence-corrected chi connectivity index (χ0v) is 15.7. The van der Waals surface area contributed by atoms with Crippen molar-refractivity contribution in [2.24, 2.45) is 0 Å². The minimum absolute atomic E-state index is 0.0636. The van der Waals surface area contributed by atoms with Gasteiger partial charge in [0, 0.05) is 36.7 Å². The van der Waals surface area contributed by atoms with Crippen molar-refractivity contribution in [3.63, 3.8) is 0 Å². The number of nitrogens with one attached hydrogen (secondary N) is 1. The van der Waals surface area contributed by atoms with Crippen LogP contribution in [0.5, 0.6) is 0 Å². The van der Waals surface area contributed by atoms with Gasteiger partial charge in [0.25, 0.3) is 5.91 Å². The molecule has 5 nitrogen and oxygen atoms in total. The number of rotatable bonds is 4. The molecule has 2 aromatic rings. The van der Waals surface area contributed by atoms with Crippen LogP contribution in [-0.2, 0) is 0 Å². The number of amides is 1. The molecule has 3 rings (SSSR count). The Bertz CT molecular complexity index is 757. The molecule has 5 heteroatoms. The molecule has 1 aliphatic rings. The normalized spacial score (nSPS) is 14.8. The van der Waals surface area contributed by atoms with Crippen molar-refractivity contribution < 1.29 is 4.79 Å². The highest BCUT2D eigenvalue weighted by atomic mass is 16.1. The first kappa shape index (κ1) is 17.5. The number of pyridine rings is 1. The zero-order chi connectivity index (χ0) is 18.0. The Morgan fingerprint density at radius 1 is 1.20 bits per heavy atom. The Labute approximate surface area is 150 Å². The number of hydrogen-bond donors (Lipinski definition) is 1. The third-order valence-electron chi connectivity index (χ3n) is 4.94. The molecule has 3 heterocycles. The van der Waals surface area contributed by atoms with Crippen molar-refractivity contribution in [3.8, 4) is 0 Å². The van der Waals surface area contributed by atoms with Crippen LogP contribution in [0.4, 0.5) is 11.5 Å². The summed E-state index contributed by atoms with van der Waals surface area (Å²) >= 11 is 0. The minimum Gasteiger partial charge on any atom is -0.355 e. The number of carbonyl (C=O) groups excluding carboxylic acids is 1. The Hall–Kier alpha value is -2.30. The number of anilines is 2. The average Bonchev–Trinajstić information content (AvgIpc) is 2.91. The highest BCUT2D eigenvalue weighted by Gasteiger charge is 2.20. The van der Waals surface area contributed by atoms with Gasteiger partial charge in [-0.3, -0.25) is 4.79 Å². The van der Waals surface area contributed by atoms with Crippen LogP contribution in [0.3, 0.4) is 0 Å². The summed E-state index contributed by atoms with van der Waals surface area (Å²) < 4.78 is 2.20. The Kier molecular flexibility index (Phi) is 5.11. The van der Waals surface area contributed by atoms with Crippen molar-refractivity contribution in [3.05, 3.63) is 41.3 Å². The van der Waals surface area contributed by atoms with E-state index in [2.05, 4.69) is 33.6 Å². The molecule has 0 aromatic carbocycles. The first-order valence-electron chi connectivity index (χ1n) is 9.18. The highest BCUT2D eigenvalue weighted by molar-refractivity contribution is 6.06. The first-order chi connectivity index (χ1) is 12.0. The lowest BCUT2D eigenvalue weighted by atomic mass is 10.1. The van der Waals surface area contributed by atoms with Crippen LogP contribution in [0, 0.1) is 13.8 Å². The van der Waals surface area contributed by atoms with Crippen LogP contribution in [-0.4, -0.2) is 28.5 Å². The van der Waals surface area contributed by atoms with Gasteiger partial charge in [-0.25, -0.2) is 4.98 Å². The smallest absolute Gasteiger partial charge is 0.257 e. The summed E-state index contributed by atoms with van der Waals surface area (Å²) in [6.45, 7) is 10.3. The maximum absolute atomic E-state index is 12.9. The van der Waals surface area contributed by atoms with Crippen molar-refractivity contribution in [2.75, 3.05) is 23.3 Å². The van der Waals surface area contributed by atoms with Gasteiger partial charge in [-0.1, -0.05) is 0 Å². The van der Waals surface area contributed by atoms with Crippen LogP contribution >= 0.6 is 0 Å². The van der Waals surface area contributed by atoms with Gasteiger partial charge in [0.1, 0.15) is 0 Å². The molecule has 1 aliphatic heterocycles. The lowest BCUT2D eigenvalue weighted by Gasteiger charge is -2.29. The van der Waals surface area contributed by atoms with Gasteiger partial charge in [-0.15, -0.1) is 0 Å². The monoisotopic (exact) mass is 340 g/mol. The number of carbonyl (C=O) groups is 1. The Morgan fingerprint density at radius 2 is 1.92 bits per heavy atom. The summed E-state index contributed by atoms with van der Waals surface area (Å²) in [4.78, 5) is 19.7. The van der Waals surface area contributed by atoms with Crippen molar-refractivity contribution in [2.45, 2.75) is 53.0 Å². The summed E-state index contributed by atoms with van der Waals surface area (Å²) in [6, 6.07) is 6.13. The van der Waals surface area contributed by atoms with E-state index in [-0.39, 0.29) is 5.91 Å². The number of aryl methyl sites for hydroxylation is 1. The largest absolute Gasteiger partial charge is 0.355 e. The molecule has 0 saturated carbocycles. The molecule has 2 aromatic heterocycles. The van der Waals surface area contributed by atoms with Gasteiger partial charge in [-0.05, 0) is 65.2 Å². The second-order valence-electron chi connectivity index (χ2n) is 7.12. The third kappa shape index (κ3) is 3.55. The molecule has 0 bridgehead atoms. The fourth-order valence-corrected chi connectivity index (χ4v) is 3.84. The fraction of sp³-hybridized carbons (Fsp3) is 0.500. The van der Waals surface area contributed by atoms with Crippen LogP contribution in [0.15, 0.2) is 24.4 Å². The van der Waals surface area contributed by atoms with E-state index in [0.717, 1.165) is 41.5 Å². The van der Waals surface area contributed by atoms with Crippen LogP contribution in [0.1, 0.15) is 60.9 Å². The van der Waals surface area contributed by atoms with E-state index in [4.69, 9.17) is 0 Å². The molecule has 0 unspecified atom stereocenters. The predicted molar refractivity (Wildman–Crippen MR) is 103 cm³/mol. The highest BCUT2D eigenvalue weighted by Crippen LogP contribution is 2.27. The van der Waals surface area contributed by atoms with E-state index in [1.54, 1.807) is 6.20 Å². The second-order valence-corrected chi connectivity index (χ2v) is 7.12. The molecule has 0 radical (unpaired) electrons. The van der Waals surface area contributed by atoms with Gasteiger partial charge in [-0.2, -0.15) is 0 Å². The summed E-state index contributed by atoms with van der Waals surface area (Å²) in [6.07, 6.45) is 5.43. The second kappa shape index (κ2) is 7.30. The Balaban J connectivity index is 1.86. The van der Waals surface area contributed by atoms with Gasteiger partial charge >= 0.3 is 0 Å².